The van der Waals surface area contributed by atoms with E-state index >= 15 is 0 Å². The molecule has 0 aliphatic carbocycles. The van der Waals surface area contributed by atoms with Crippen LogP contribution >= 0.6 is 28.1 Å². The number of rotatable bonds is 6. The van der Waals surface area contributed by atoms with Gasteiger partial charge in [-0.1, -0.05) is 6.07 Å². The summed E-state index contributed by atoms with van der Waals surface area (Å²) in [7, 11) is 3.32. The Morgan fingerprint density at radius 3 is 2.54 bits per heavy atom. The fraction of sp³-hybridized carbons (Fsp3) is 0.278. The van der Waals surface area contributed by atoms with Crippen molar-refractivity contribution in [2.75, 3.05) is 26.1 Å². The number of hydrogen-bond donors (Lipinski definition) is 2. The Morgan fingerprint density at radius 1 is 1.12 bits per heavy atom. The Labute approximate surface area is 156 Å². The summed E-state index contributed by atoms with van der Waals surface area (Å²) in [5.74, 6) is 1.67. The zero-order valence-electron chi connectivity index (χ0n) is 14.0. The molecule has 0 fully saturated rings. The lowest BCUT2D eigenvalue weighted by Crippen LogP contribution is -2.30. The average Bonchev–Trinajstić information content (AvgIpc) is 2.57. The highest BCUT2D eigenvalue weighted by Crippen LogP contribution is 2.25. The van der Waals surface area contributed by atoms with Crippen molar-refractivity contribution in [1.82, 2.24) is 5.32 Å². The van der Waals surface area contributed by atoms with Crippen LogP contribution in [0.4, 0.5) is 5.69 Å². The monoisotopic (exact) mass is 408 g/mol. The van der Waals surface area contributed by atoms with E-state index in [4.69, 9.17) is 21.7 Å². The molecule has 0 radical (unpaired) electrons. The molecule has 0 bridgehead atoms. The Kier molecular flexibility index (Phi) is 6.87. The number of ether oxygens (including phenoxy) is 2. The third-order valence-electron chi connectivity index (χ3n) is 3.60. The third-order valence-corrected chi connectivity index (χ3v) is 4.46. The van der Waals surface area contributed by atoms with Crippen molar-refractivity contribution in [3.8, 4) is 11.5 Å². The van der Waals surface area contributed by atoms with E-state index in [0.29, 0.717) is 5.11 Å². The van der Waals surface area contributed by atoms with Crippen molar-refractivity contribution >= 4 is 38.9 Å². The van der Waals surface area contributed by atoms with Gasteiger partial charge >= 0.3 is 0 Å². The minimum absolute atomic E-state index is 0.607. The fourth-order valence-electron chi connectivity index (χ4n) is 2.26. The van der Waals surface area contributed by atoms with Gasteiger partial charge < -0.3 is 20.1 Å². The van der Waals surface area contributed by atoms with E-state index in [1.54, 1.807) is 14.2 Å². The number of thiocarbonyl (C=S) groups is 1. The fourth-order valence-corrected chi connectivity index (χ4v) is 3.06. The lowest BCUT2D eigenvalue weighted by molar-refractivity contribution is 0.412. The lowest BCUT2D eigenvalue weighted by Gasteiger charge is -2.13. The number of nitrogens with one attached hydrogen (secondary N) is 2. The summed E-state index contributed by atoms with van der Waals surface area (Å²) in [5.41, 5.74) is 3.26. The van der Waals surface area contributed by atoms with E-state index in [1.807, 2.05) is 31.2 Å². The minimum atomic E-state index is 0.607. The average molecular weight is 409 g/mol. The van der Waals surface area contributed by atoms with Crippen LogP contribution in [0, 0.1) is 6.92 Å². The van der Waals surface area contributed by atoms with Gasteiger partial charge in [-0.25, -0.2) is 0 Å². The molecule has 2 N–H and O–H groups in total. The van der Waals surface area contributed by atoms with E-state index < -0.39 is 0 Å². The van der Waals surface area contributed by atoms with Crippen LogP contribution in [0.1, 0.15) is 11.1 Å². The van der Waals surface area contributed by atoms with Crippen LogP contribution < -0.4 is 20.1 Å². The molecule has 0 aliphatic rings. The standard InChI is InChI=1S/C18H21BrN2O2S/c1-12-10-14(22-2)5-6-16(12)21-18(24)20-9-8-13-4-7-17(23-3)15(19)11-13/h4-7,10-11H,8-9H2,1-3H3,(H2,20,21,24). The van der Waals surface area contributed by atoms with Gasteiger partial charge in [0.15, 0.2) is 5.11 Å². The van der Waals surface area contributed by atoms with Crippen LogP contribution in [0.25, 0.3) is 0 Å². The van der Waals surface area contributed by atoms with Gasteiger partial charge in [0.1, 0.15) is 11.5 Å². The van der Waals surface area contributed by atoms with Gasteiger partial charge in [0.25, 0.3) is 0 Å². The summed E-state index contributed by atoms with van der Waals surface area (Å²) in [6.45, 7) is 2.77. The molecule has 0 spiro atoms. The second-order valence-corrected chi connectivity index (χ2v) is 6.54. The molecule has 0 atom stereocenters. The van der Waals surface area contributed by atoms with E-state index in [9.17, 15) is 0 Å². The highest BCUT2D eigenvalue weighted by Gasteiger charge is 2.04. The number of benzene rings is 2. The largest absolute Gasteiger partial charge is 0.497 e. The Morgan fingerprint density at radius 2 is 1.92 bits per heavy atom. The molecule has 0 saturated carbocycles. The molecule has 2 aromatic carbocycles. The second-order valence-electron chi connectivity index (χ2n) is 5.28. The van der Waals surface area contributed by atoms with Crippen molar-refractivity contribution in [2.24, 2.45) is 0 Å². The molecular formula is C18H21BrN2O2S. The number of methoxy groups -OCH3 is 2. The topological polar surface area (TPSA) is 42.5 Å². The molecule has 2 aromatic rings. The molecule has 0 saturated heterocycles. The van der Waals surface area contributed by atoms with Gasteiger partial charge in [-0.05, 0) is 83.0 Å². The van der Waals surface area contributed by atoms with Gasteiger partial charge in [-0.3, -0.25) is 0 Å². The molecule has 0 aliphatic heterocycles. The SMILES string of the molecule is COc1ccc(NC(=S)NCCc2ccc(OC)c(Br)c2)c(C)c1. The quantitative estimate of drug-likeness (QED) is 0.697. The van der Waals surface area contributed by atoms with Crippen LogP contribution in [-0.2, 0) is 6.42 Å². The predicted octanol–water partition coefficient (Wildman–Crippen LogP) is 4.30. The summed E-state index contributed by atoms with van der Waals surface area (Å²) < 4.78 is 11.4. The normalized spacial score (nSPS) is 10.2. The van der Waals surface area contributed by atoms with Gasteiger partial charge in [-0.15, -0.1) is 0 Å². The molecule has 0 aromatic heterocycles. The van der Waals surface area contributed by atoms with Gasteiger partial charge in [0, 0.05) is 12.2 Å². The number of hydrogen-bond acceptors (Lipinski definition) is 3. The molecule has 0 heterocycles. The number of halogens is 1. The highest BCUT2D eigenvalue weighted by molar-refractivity contribution is 9.10. The summed E-state index contributed by atoms with van der Waals surface area (Å²) in [6.07, 6.45) is 0.867. The Balaban J connectivity index is 1.84. The van der Waals surface area contributed by atoms with E-state index in [0.717, 1.165) is 40.2 Å². The van der Waals surface area contributed by atoms with E-state index in [1.165, 1.54) is 5.56 Å². The third kappa shape index (κ3) is 5.11. The summed E-state index contributed by atoms with van der Waals surface area (Å²) in [5, 5.41) is 7.05. The molecule has 0 amide bonds. The lowest BCUT2D eigenvalue weighted by atomic mass is 10.1. The van der Waals surface area contributed by atoms with Crippen molar-refractivity contribution < 1.29 is 9.47 Å². The first-order valence-electron chi connectivity index (χ1n) is 7.55. The van der Waals surface area contributed by atoms with Crippen LogP contribution in [-0.4, -0.2) is 25.9 Å². The van der Waals surface area contributed by atoms with Crippen LogP contribution in [0.5, 0.6) is 11.5 Å². The Hall–Kier alpha value is -1.79. The summed E-state index contributed by atoms with van der Waals surface area (Å²) >= 11 is 8.85. The van der Waals surface area contributed by atoms with Crippen molar-refractivity contribution in [3.05, 3.63) is 52.0 Å². The zero-order valence-corrected chi connectivity index (χ0v) is 16.4. The molecular weight excluding hydrogens is 388 g/mol. The molecule has 4 nitrogen and oxygen atoms in total. The van der Waals surface area contributed by atoms with Gasteiger partial charge in [0.2, 0.25) is 0 Å². The summed E-state index contributed by atoms with van der Waals surface area (Å²) in [4.78, 5) is 0. The van der Waals surface area contributed by atoms with Crippen LogP contribution in [0.3, 0.4) is 0 Å². The van der Waals surface area contributed by atoms with Crippen molar-refractivity contribution in [3.63, 3.8) is 0 Å². The van der Waals surface area contributed by atoms with Crippen molar-refractivity contribution in [2.45, 2.75) is 13.3 Å². The highest BCUT2D eigenvalue weighted by atomic mass is 79.9. The van der Waals surface area contributed by atoms with Gasteiger partial charge in [-0.2, -0.15) is 0 Å². The zero-order chi connectivity index (χ0) is 17.5. The maximum atomic E-state index is 5.35. The van der Waals surface area contributed by atoms with Gasteiger partial charge in [0.05, 0.1) is 18.7 Å². The van der Waals surface area contributed by atoms with E-state index in [-0.39, 0.29) is 0 Å². The minimum Gasteiger partial charge on any atom is -0.497 e. The first-order valence-corrected chi connectivity index (χ1v) is 8.75. The number of aryl methyl sites for hydroxylation is 1. The smallest absolute Gasteiger partial charge is 0.170 e. The first kappa shape index (κ1) is 18.5. The van der Waals surface area contributed by atoms with Crippen LogP contribution in [0.15, 0.2) is 40.9 Å². The maximum Gasteiger partial charge on any atom is 0.170 e. The van der Waals surface area contributed by atoms with Crippen LogP contribution in [0.2, 0.25) is 0 Å². The second kappa shape index (κ2) is 8.89. The first-order chi connectivity index (χ1) is 11.5. The predicted molar refractivity (Wildman–Crippen MR) is 106 cm³/mol. The molecule has 0 unspecified atom stereocenters. The van der Waals surface area contributed by atoms with E-state index in [2.05, 4.69) is 38.7 Å². The molecule has 24 heavy (non-hydrogen) atoms. The molecule has 6 heteroatoms. The molecule has 128 valence electrons. The maximum absolute atomic E-state index is 5.35. The summed E-state index contributed by atoms with van der Waals surface area (Å²) in [6, 6.07) is 11.9. The molecule has 2 rings (SSSR count). The van der Waals surface area contributed by atoms with Crippen molar-refractivity contribution in [1.29, 1.82) is 0 Å². The number of anilines is 1. The Bertz CT molecular complexity index is 722.